The minimum absolute atomic E-state index is 0.250. The molecule has 2 saturated heterocycles. The molecule has 0 N–H and O–H groups in total. The molecule has 4 heteroatoms. The van der Waals surface area contributed by atoms with Gasteiger partial charge in [-0.1, -0.05) is 0 Å². The average Bonchev–Trinajstić information content (AvgIpc) is 2.78. The van der Waals surface area contributed by atoms with Crippen LogP contribution in [0.3, 0.4) is 0 Å². The molecule has 4 nitrogen and oxygen atoms in total. The molecule has 0 aromatic carbocycles. The highest BCUT2D eigenvalue weighted by molar-refractivity contribution is 5.60. The smallest absolute Gasteiger partial charge is 0.129 e. The molecule has 0 aromatic rings. The van der Waals surface area contributed by atoms with Crippen molar-refractivity contribution in [3.63, 3.8) is 0 Å². The molecular formula is C13H23NO3. The molecule has 2 aliphatic rings. The Kier molecular flexibility index (Phi) is 4.54. The van der Waals surface area contributed by atoms with Gasteiger partial charge in [0.25, 0.3) is 0 Å². The zero-order valence-electron chi connectivity index (χ0n) is 10.7. The number of hydrogen-bond acceptors (Lipinski definition) is 4. The van der Waals surface area contributed by atoms with Gasteiger partial charge in [-0.3, -0.25) is 0 Å². The van der Waals surface area contributed by atoms with E-state index >= 15 is 0 Å². The fourth-order valence-electron chi connectivity index (χ4n) is 3.00. The van der Waals surface area contributed by atoms with E-state index in [2.05, 4.69) is 4.90 Å². The topological polar surface area (TPSA) is 38.8 Å². The molecule has 2 atom stereocenters. The first kappa shape index (κ1) is 13.0. The van der Waals surface area contributed by atoms with E-state index in [-0.39, 0.29) is 5.41 Å². The van der Waals surface area contributed by atoms with E-state index in [1.165, 1.54) is 6.42 Å². The van der Waals surface area contributed by atoms with Gasteiger partial charge >= 0.3 is 0 Å². The van der Waals surface area contributed by atoms with Gasteiger partial charge in [-0.25, -0.2) is 0 Å². The number of carbonyl (C=O) groups is 1. The molecule has 0 amide bonds. The highest BCUT2D eigenvalue weighted by atomic mass is 16.5. The van der Waals surface area contributed by atoms with Crippen LogP contribution in [0.5, 0.6) is 0 Å². The van der Waals surface area contributed by atoms with Crippen LogP contribution < -0.4 is 0 Å². The first-order chi connectivity index (χ1) is 8.28. The molecule has 0 spiro atoms. The van der Waals surface area contributed by atoms with Crippen molar-refractivity contribution in [2.75, 3.05) is 46.6 Å². The van der Waals surface area contributed by atoms with Crippen molar-refractivity contribution in [2.45, 2.75) is 19.3 Å². The molecule has 0 saturated carbocycles. The van der Waals surface area contributed by atoms with Crippen molar-refractivity contribution < 1.29 is 14.3 Å². The summed E-state index contributed by atoms with van der Waals surface area (Å²) in [5, 5.41) is 0. The molecule has 0 radical (unpaired) electrons. The maximum atomic E-state index is 11.3. The van der Waals surface area contributed by atoms with Crippen LogP contribution in [0.2, 0.25) is 0 Å². The molecule has 2 heterocycles. The molecular weight excluding hydrogens is 218 g/mol. The molecule has 2 aliphatic heterocycles. The minimum Gasteiger partial charge on any atom is -0.384 e. The number of rotatable bonds is 5. The number of methoxy groups -OCH3 is 1. The Morgan fingerprint density at radius 3 is 3.12 bits per heavy atom. The maximum Gasteiger partial charge on any atom is 0.129 e. The second-order valence-electron chi connectivity index (χ2n) is 5.48. The summed E-state index contributed by atoms with van der Waals surface area (Å²) in [6.07, 6.45) is 4.29. The fraction of sp³-hybridized carbons (Fsp3) is 0.923. The molecule has 2 fully saturated rings. The third-order valence-electron chi connectivity index (χ3n) is 3.91. The van der Waals surface area contributed by atoms with E-state index in [1.54, 1.807) is 7.11 Å². The third kappa shape index (κ3) is 3.27. The number of carbonyl (C=O) groups excluding carboxylic acids is 1. The van der Waals surface area contributed by atoms with E-state index in [4.69, 9.17) is 9.47 Å². The van der Waals surface area contributed by atoms with Crippen LogP contribution in [0.4, 0.5) is 0 Å². The fourth-order valence-corrected chi connectivity index (χ4v) is 3.00. The summed E-state index contributed by atoms with van der Waals surface area (Å²) in [5.74, 6) is 0.633. The summed E-state index contributed by atoms with van der Waals surface area (Å²) in [4.78, 5) is 13.7. The van der Waals surface area contributed by atoms with Gasteiger partial charge in [0.2, 0.25) is 0 Å². The average molecular weight is 241 g/mol. The van der Waals surface area contributed by atoms with Crippen molar-refractivity contribution >= 4 is 6.29 Å². The van der Waals surface area contributed by atoms with Crippen molar-refractivity contribution in [1.82, 2.24) is 4.90 Å². The number of hydrogen-bond donors (Lipinski definition) is 0. The number of likely N-dealkylation sites (tertiary alicyclic amines) is 1. The number of ether oxygens (including phenoxy) is 2. The Balaban J connectivity index is 1.85. The van der Waals surface area contributed by atoms with Crippen molar-refractivity contribution in [2.24, 2.45) is 11.3 Å². The van der Waals surface area contributed by atoms with Crippen LogP contribution in [0.25, 0.3) is 0 Å². The predicted octanol–water partition coefficient (Wildman–Crippen LogP) is 0.950. The van der Waals surface area contributed by atoms with E-state index in [9.17, 15) is 4.79 Å². The van der Waals surface area contributed by atoms with Gasteiger partial charge in [0.05, 0.1) is 18.6 Å². The van der Waals surface area contributed by atoms with Gasteiger partial charge in [-0.15, -0.1) is 0 Å². The third-order valence-corrected chi connectivity index (χ3v) is 3.91. The Labute approximate surface area is 103 Å². The second kappa shape index (κ2) is 5.94. The Morgan fingerprint density at radius 2 is 2.47 bits per heavy atom. The van der Waals surface area contributed by atoms with Gasteiger partial charge in [0.15, 0.2) is 0 Å². The van der Waals surface area contributed by atoms with Crippen molar-refractivity contribution in [3.05, 3.63) is 0 Å². The van der Waals surface area contributed by atoms with Gasteiger partial charge < -0.3 is 19.2 Å². The van der Waals surface area contributed by atoms with Crippen LogP contribution in [0, 0.1) is 11.3 Å². The zero-order valence-corrected chi connectivity index (χ0v) is 10.7. The number of nitrogens with zero attached hydrogens (tertiary/aromatic N) is 1. The van der Waals surface area contributed by atoms with Crippen molar-refractivity contribution in [1.29, 1.82) is 0 Å². The van der Waals surface area contributed by atoms with Crippen LogP contribution in [0.15, 0.2) is 0 Å². The second-order valence-corrected chi connectivity index (χ2v) is 5.48. The largest absolute Gasteiger partial charge is 0.384 e. The van der Waals surface area contributed by atoms with Crippen LogP contribution in [-0.4, -0.2) is 57.8 Å². The SMILES string of the molecule is COCC1CCN(CC2(C=O)CCCOC2)C1. The first-order valence-corrected chi connectivity index (χ1v) is 6.53. The lowest BCUT2D eigenvalue weighted by atomic mass is 9.83. The van der Waals surface area contributed by atoms with Crippen LogP contribution >= 0.6 is 0 Å². The summed E-state index contributed by atoms with van der Waals surface area (Å²) >= 11 is 0. The van der Waals surface area contributed by atoms with E-state index in [1.807, 2.05) is 0 Å². The summed E-state index contributed by atoms with van der Waals surface area (Å²) < 4.78 is 10.7. The lowest BCUT2D eigenvalue weighted by Gasteiger charge is -2.35. The van der Waals surface area contributed by atoms with E-state index in [0.717, 1.165) is 52.0 Å². The van der Waals surface area contributed by atoms with Crippen LogP contribution in [0.1, 0.15) is 19.3 Å². The summed E-state index contributed by atoms with van der Waals surface area (Å²) in [7, 11) is 1.75. The molecule has 0 aromatic heterocycles. The molecule has 2 rings (SSSR count). The highest BCUT2D eigenvalue weighted by Crippen LogP contribution is 2.29. The summed E-state index contributed by atoms with van der Waals surface area (Å²) in [5.41, 5.74) is -0.250. The Morgan fingerprint density at radius 1 is 1.59 bits per heavy atom. The van der Waals surface area contributed by atoms with Gasteiger partial charge in [-0.2, -0.15) is 0 Å². The predicted molar refractivity (Wildman–Crippen MR) is 65.0 cm³/mol. The number of aldehydes is 1. The molecule has 17 heavy (non-hydrogen) atoms. The molecule has 0 bridgehead atoms. The van der Waals surface area contributed by atoms with E-state index in [0.29, 0.717) is 12.5 Å². The molecule has 2 unspecified atom stereocenters. The molecule has 0 aliphatic carbocycles. The quantitative estimate of drug-likeness (QED) is 0.672. The van der Waals surface area contributed by atoms with E-state index < -0.39 is 0 Å². The summed E-state index contributed by atoms with van der Waals surface area (Å²) in [6, 6.07) is 0. The lowest BCUT2D eigenvalue weighted by molar-refractivity contribution is -0.125. The first-order valence-electron chi connectivity index (χ1n) is 6.53. The van der Waals surface area contributed by atoms with Gasteiger partial charge in [-0.05, 0) is 31.7 Å². The van der Waals surface area contributed by atoms with Gasteiger partial charge in [0, 0.05) is 26.8 Å². The summed E-state index contributed by atoms with van der Waals surface area (Å²) in [6.45, 7) is 5.24. The Bertz CT molecular complexity index is 251. The monoisotopic (exact) mass is 241 g/mol. The zero-order chi connectivity index (χ0) is 12.1. The van der Waals surface area contributed by atoms with Gasteiger partial charge in [0.1, 0.15) is 6.29 Å². The highest BCUT2D eigenvalue weighted by Gasteiger charge is 2.36. The lowest BCUT2D eigenvalue weighted by Crippen LogP contribution is -2.43. The molecule has 98 valence electrons. The Hall–Kier alpha value is -0.450. The normalized spacial score (nSPS) is 35.0. The van der Waals surface area contributed by atoms with Crippen LogP contribution in [-0.2, 0) is 14.3 Å². The minimum atomic E-state index is -0.250. The standard InChI is InChI=1S/C13H23NO3/c1-16-8-12-3-5-14(7-12)9-13(10-15)4-2-6-17-11-13/h10,12H,2-9,11H2,1H3. The van der Waals surface area contributed by atoms with Crippen molar-refractivity contribution in [3.8, 4) is 0 Å². The maximum absolute atomic E-state index is 11.3.